The van der Waals surface area contributed by atoms with Crippen LogP contribution in [0.3, 0.4) is 0 Å². The fraction of sp³-hybridized carbons (Fsp3) is 0.292. The Kier molecular flexibility index (Phi) is 10.8. The summed E-state index contributed by atoms with van der Waals surface area (Å²) in [7, 11) is 0. The first-order chi connectivity index (χ1) is 14.6. The van der Waals surface area contributed by atoms with Gasteiger partial charge in [-0.25, -0.2) is 0 Å². The van der Waals surface area contributed by atoms with Gasteiger partial charge in [0.25, 0.3) is 0 Å². The molecule has 6 heteroatoms. The van der Waals surface area contributed by atoms with Crippen molar-refractivity contribution < 1.29 is 14.9 Å². The molecule has 0 radical (unpaired) electrons. The van der Waals surface area contributed by atoms with E-state index in [1.165, 1.54) is 0 Å². The highest BCUT2D eigenvalue weighted by molar-refractivity contribution is 7.99. The number of aliphatic hydroxyl groups is 1. The highest BCUT2D eigenvalue weighted by Gasteiger charge is 2.21. The molecule has 0 aliphatic rings. The number of benzene rings is 2. The SMILES string of the molecule is C=CCN(CC=C)C[C@@H](O)[C@H](CSc1ccccc1)N=C([O-])OCc1ccccc1. The molecule has 30 heavy (non-hydrogen) atoms. The van der Waals surface area contributed by atoms with E-state index in [1.54, 1.807) is 23.9 Å². The number of hydrogen-bond acceptors (Lipinski definition) is 6. The smallest absolute Gasteiger partial charge is 0.146 e. The van der Waals surface area contributed by atoms with E-state index < -0.39 is 18.2 Å². The summed E-state index contributed by atoms with van der Waals surface area (Å²) in [4.78, 5) is 7.22. The Morgan fingerprint density at radius 1 is 1.07 bits per heavy atom. The molecule has 2 atom stereocenters. The van der Waals surface area contributed by atoms with Crippen molar-refractivity contribution in [1.29, 1.82) is 0 Å². The molecule has 0 aliphatic heterocycles. The zero-order valence-electron chi connectivity index (χ0n) is 17.1. The molecular weight excluding hydrogens is 396 g/mol. The van der Waals surface area contributed by atoms with E-state index >= 15 is 0 Å². The maximum atomic E-state index is 12.3. The summed E-state index contributed by atoms with van der Waals surface area (Å²) < 4.78 is 5.29. The maximum absolute atomic E-state index is 12.3. The van der Waals surface area contributed by atoms with Gasteiger partial charge in [-0.15, -0.1) is 24.9 Å². The molecule has 0 saturated heterocycles. The van der Waals surface area contributed by atoms with Crippen molar-refractivity contribution in [3.05, 3.63) is 91.5 Å². The van der Waals surface area contributed by atoms with Crippen LogP contribution >= 0.6 is 11.8 Å². The van der Waals surface area contributed by atoms with Gasteiger partial charge in [-0.3, -0.25) is 9.89 Å². The lowest BCUT2D eigenvalue weighted by Crippen LogP contribution is -2.41. The number of thioether (sulfide) groups is 1. The Balaban J connectivity index is 2.05. The summed E-state index contributed by atoms with van der Waals surface area (Å²) in [6.45, 7) is 9.23. The third-order valence-corrected chi connectivity index (χ3v) is 5.42. The Morgan fingerprint density at radius 3 is 2.27 bits per heavy atom. The summed E-state index contributed by atoms with van der Waals surface area (Å²) in [5.74, 6) is 0.460. The van der Waals surface area contributed by atoms with E-state index in [4.69, 9.17) is 4.74 Å². The van der Waals surface area contributed by atoms with E-state index in [0.717, 1.165) is 10.5 Å². The molecule has 2 aromatic rings. The lowest BCUT2D eigenvalue weighted by Gasteiger charge is -2.27. The van der Waals surface area contributed by atoms with Gasteiger partial charge in [-0.2, -0.15) is 0 Å². The summed E-state index contributed by atoms with van der Waals surface area (Å²) in [5.41, 5.74) is 0.889. The number of hydrogen-bond donors (Lipinski definition) is 1. The second-order valence-electron chi connectivity index (χ2n) is 6.72. The third kappa shape index (κ3) is 8.86. The Morgan fingerprint density at radius 2 is 1.67 bits per heavy atom. The topological polar surface area (TPSA) is 68.1 Å². The third-order valence-electron chi connectivity index (χ3n) is 4.30. The maximum Gasteiger partial charge on any atom is 0.146 e. The molecule has 0 aliphatic carbocycles. The second-order valence-corrected chi connectivity index (χ2v) is 7.82. The van der Waals surface area contributed by atoms with Crippen LogP contribution < -0.4 is 5.11 Å². The van der Waals surface area contributed by atoms with Crippen LogP contribution in [0.5, 0.6) is 0 Å². The molecular formula is C24H29N2O3S-. The van der Waals surface area contributed by atoms with Gasteiger partial charge in [-0.05, 0) is 17.7 Å². The number of aliphatic hydroxyl groups excluding tert-OH is 1. The predicted molar refractivity (Wildman–Crippen MR) is 122 cm³/mol. The normalized spacial score (nSPS) is 13.6. The number of aliphatic imine (C=N–C) groups is 1. The summed E-state index contributed by atoms with van der Waals surface area (Å²) >= 11 is 1.55. The van der Waals surface area contributed by atoms with Crippen molar-refractivity contribution >= 4 is 17.8 Å². The van der Waals surface area contributed by atoms with Crippen LogP contribution in [-0.2, 0) is 11.3 Å². The molecule has 0 amide bonds. The molecule has 0 unspecified atom stereocenters. The lowest BCUT2D eigenvalue weighted by atomic mass is 10.2. The van der Waals surface area contributed by atoms with Crippen LogP contribution in [0.2, 0.25) is 0 Å². The molecule has 0 bridgehead atoms. The first kappa shape index (κ1) is 23.7. The molecule has 0 heterocycles. The van der Waals surface area contributed by atoms with Crippen LogP contribution in [0.1, 0.15) is 5.56 Å². The van der Waals surface area contributed by atoms with Crippen LogP contribution in [0.4, 0.5) is 0 Å². The van der Waals surface area contributed by atoms with Crippen molar-refractivity contribution in [2.24, 2.45) is 4.99 Å². The van der Waals surface area contributed by atoms with Crippen molar-refractivity contribution in [2.45, 2.75) is 23.6 Å². The summed E-state index contributed by atoms with van der Waals surface area (Å²) in [6, 6.07) is 18.7. The summed E-state index contributed by atoms with van der Waals surface area (Å²) in [5, 5.41) is 23.1. The van der Waals surface area contributed by atoms with Crippen molar-refractivity contribution in [3.8, 4) is 0 Å². The standard InChI is InChI=1S/C24H30N2O3S/c1-3-15-26(16-4-2)17-23(27)22(19-30-21-13-9-6-10-14-21)25-24(28)29-18-20-11-7-5-8-12-20/h3-14,22-23,27H,1-2,15-19H2,(H,25,28)/p-1/t22-,23+/m0/s1. The predicted octanol–water partition coefficient (Wildman–Crippen LogP) is 3.12. The average molecular weight is 426 g/mol. The van der Waals surface area contributed by atoms with E-state index in [1.807, 2.05) is 65.6 Å². The van der Waals surface area contributed by atoms with Gasteiger partial charge in [0.15, 0.2) is 0 Å². The molecule has 1 N–H and O–H groups in total. The van der Waals surface area contributed by atoms with Crippen LogP contribution in [-0.4, -0.2) is 53.6 Å². The molecule has 0 fully saturated rings. The van der Waals surface area contributed by atoms with Gasteiger partial charge in [0.2, 0.25) is 0 Å². The van der Waals surface area contributed by atoms with Crippen molar-refractivity contribution in [2.75, 3.05) is 25.4 Å². The first-order valence-electron chi connectivity index (χ1n) is 9.84. The van der Waals surface area contributed by atoms with Crippen molar-refractivity contribution in [1.82, 2.24) is 4.90 Å². The van der Waals surface area contributed by atoms with Gasteiger partial charge >= 0.3 is 0 Å². The van der Waals surface area contributed by atoms with E-state index in [9.17, 15) is 10.2 Å². The monoisotopic (exact) mass is 425 g/mol. The fourth-order valence-corrected chi connectivity index (χ4v) is 3.81. The molecule has 0 spiro atoms. The van der Waals surface area contributed by atoms with Gasteiger partial charge in [0, 0.05) is 36.9 Å². The van der Waals surface area contributed by atoms with Gasteiger partial charge in [0.05, 0.1) is 12.1 Å². The lowest BCUT2D eigenvalue weighted by molar-refractivity contribution is -0.252. The minimum atomic E-state index is -0.828. The van der Waals surface area contributed by atoms with Crippen molar-refractivity contribution in [3.63, 3.8) is 0 Å². The van der Waals surface area contributed by atoms with E-state index in [-0.39, 0.29) is 6.61 Å². The number of rotatable bonds is 13. The molecule has 160 valence electrons. The average Bonchev–Trinajstić information content (AvgIpc) is 2.77. The highest BCUT2D eigenvalue weighted by Crippen LogP contribution is 2.21. The fourth-order valence-electron chi connectivity index (χ4n) is 2.80. The number of nitrogens with zero attached hydrogens (tertiary/aromatic N) is 2. The second kappa shape index (κ2) is 13.6. The van der Waals surface area contributed by atoms with Crippen LogP contribution in [0.15, 0.2) is 95.9 Å². The van der Waals surface area contributed by atoms with Crippen LogP contribution in [0, 0.1) is 0 Å². The Labute approximate surface area is 183 Å². The molecule has 2 aromatic carbocycles. The van der Waals surface area contributed by atoms with E-state index in [2.05, 4.69) is 18.2 Å². The van der Waals surface area contributed by atoms with E-state index in [0.29, 0.717) is 25.4 Å². The zero-order valence-corrected chi connectivity index (χ0v) is 17.9. The zero-order chi connectivity index (χ0) is 21.6. The molecule has 2 rings (SSSR count). The minimum absolute atomic E-state index is 0.150. The summed E-state index contributed by atoms with van der Waals surface area (Å²) in [6.07, 6.45) is 2.05. The molecule has 0 saturated carbocycles. The van der Waals surface area contributed by atoms with Gasteiger partial charge in [-0.1, -0.05) is 60.7 Å². The van der Waals surface area contributed by atoms with Crippen LogP contribution in [0.25, 0.3) is 0 Å². The molecule has 5 nitrogen and oxygen atoms in total. The first-order valence-corrected chi connectivity index (χ1v) is 10.8. The largest absolute Gasteiger partial charge is 0.596 e. The highest BCUT2D eigenvalue weighted by atomic mass is 32.2. The van der Waals surface area contributed by atoms with Gasteiger partial charge in [0.1, 0.15) is 6.08 Å². The van der Waals surface area contributed by atoms with Gasteiger partial charge < -0.3 is 14.9 Å². The minimum Gasteiger partial charge on any atom is -0.596 e. The Hall–Kier alpha value is -2.54. The molecule has 0 aromatic heterocycles. The quantitative estimate of drug-likeness (QED) is 0.231. The number of ether oxygens (including phenoxy) is 1. The Bertz CT molecular complexity index is 774.